The highest BCUT2D eigenvalue weighted by Gasteiger charge is 2.33. The van der Waals surface area contributed by atoms with Crippen LogP contribution in [0.25, 0.3) is 11.1 Å². The van der Waals surface area contributed by atoms with Gasteiger partial charge in [0.1, 0.15) is 11.9 Å². The van der Waals surface area contributed by atoms with Gasteiger partial charge in [0.05, 0.1) is 12.6 Å². The minimum Gasteiger partial charge on any atom is -0.324 e. The van der Waals surface area contributed by atoms with E-state index in [1.807, 2.05) is 48.5 Å². The molecular weight excluding hydrogens is 316 g/mol. The van der Waals surface area contributed by atoms with Crippen LogP contribution in [0.2, 0.25) is 0 Å². The van der Waals surface area contributed by atoms with Gasteiger partial charge in [0.25, 0.3) is 0 Å². The van der Waals surface area contributed by atoms with Crippen LogP contribution < -0.4 is 10.6 Å². The molecule has 2 aromatic carbocycles. The van der Waals surface area contributed by atoms with Crippen LogP contribution in [0.4, 0.5) is 11.5 Å². The molecule has 3 aromatic rings. The fourth-order valence-electron chi connectivity index (χ4n) is 2.95. The summed E-state index contributed by atoms with van der Waals surface area (Å²) in [6.45, 7) is 0. The molecule has 1 atom stereocenters. The first-order chi connectivity index (χ1) is 12.2. The molecular formula is C19H16N4O2. The van der Waals surface area contributed by atoms with Crippen LogP contribution in [0.3, 0.4) is 0 Å². The molecule has 2 heterocycles. The van der Waals surface area contributed by atoms with Crippen LogP contribution in [-0.4, -0.2) is 21.6 Å². The van der Waals surface area contributed by atoms with Crippen molar-refractivity contribution in [1.29, 1.82) is 0 Å². The van der Waals surface area contributed by atoms with Crippen molar-refractivity contribution >= 4 is 23.3 Å². The Morgan fingerprint density at radius 3 is 2.48 bits per heavy atom. The van der Waals surface area contributed by atoms with E-state index in [9.17, 15) is 9.59 Å². The Morgan fingerprint density at radius 1 is 1.08 bits per heavy atom. The number of aromatic nitrogens is 2. The largest absolute Gasteiger partial charge is 0.324 e. The van der Waals surface area contributed by atoms with Crippen molar-refractivity contribution in [2.75, 3.05) is 10.6 Å². The van der Waals surface area contributed by atoms with Gasteiger partial charge in [0.15, 0.2) is 0 Å². The molecule has 1 aliphatic heterocycles. The Bertz CT molecular complexity index is 919. The number of amides is 2. The van der Waals surface area contributed by atoms with Gasteiger partial charge in [0.2, 0.25) is 11.8 Å². The second kappa shape index (κ2) is 6.24. The van der Waals surface area contributed by atoms with Crippen molar-refractivity contribution in [3.63, 3.8) is 0 Å². The van der Waals surface area contributed by atoms with Crippen LogP contribution in [-0.2, 0) is 9.59 Å². The lowest BCUT2D eigenvalue weighted by Gasteiger charge is -2.24. The Morgan fingerprint density at radius 2 is 1.76 bits per heavy atom. The Kier molecular flexibility index (Phi) is 3.78. The quantitative estimate of drug-likeness (QED) is 0.774. The van der Waals surface area contributed by atoms with E-state index in [-0.39, 0.29) is 18.2 Å². The van der Waals surface area contributed by atoms with Crippen molar-refractivity contribution in [2.45, 2.75) is 12.5 Å². The first-order valence-corrected chi connectivity index (χ1v) is 8.01. The first kappa shape index (κ1) is 15.1. The predicted octanol–water partition coefficient (Wildman–Crippen LogP) is 3.07. The van der Waals surface area contributed by atoms with Crippen LogP contribution in [0.5, 0.6) is 0 Å². The maximum Gasteiger partial charge on any atom is 0.249 e. The zero-order chi connectivity index (χ0) is 17.2. The summed E-state index contributed by atoms with van der Waals surface area (Å²) >= 11 is 0. The minimum absolute atomic E-state index is 0.0571. The monoisotopic (exact) mass is 332 g/mol. The van der Waals surface area contributed by atoms with E-state index in [4.69, 9.17) is 0 Å². The molecule has 2 amide bonds. The van der Waals surface area contributed by atoms with E-state index in [0.717, 1.165) is 11.1 Å². The lowest BCUT2D eigenvalue weighted by Crippen LogP contribution is -2.35. The van der Waals surface area contributed by atoms with Crippen molar-refractivity contribution in [2.24, 2.45) is 0 Å². The molecule has 0 fully saturated rings. The number of nitrogens with zero attached hydrogens (tertiary/aromatic N) is 2. The fourth-order valence-corrected chi connectivity index (χ4v) is 2.95. The maximum absolute atomic E-state index is 12.7. The highest BCUT2D eigenvalue weighted by molar-refractivity contribution is 6.03. The molecule has 2 N–H and O–H groups in total. The molecule has 4 rings (SSSR count). The lowest BCUT2D eigenvalue weighted by atomic mass is 10.1. The molecule has 0 aliphatic carbocycles. The molecule has 6 nitrogen and oxygen atoms in total. The molecule has 124 valence electrons. The summed E-state index contributed by atoms with van der Waals surface area (Å²) in [5.74, 6) is 0.0964. The van der Waals surface area contributed by atoms with Crippen LogP contribution >= 0.6 is 0 Å². The SMILES string of the molecule is O=C1C[C@@H](C(=O)Nc2ccccc2)n2ncc(-c3ccccc3)c2N1. The van der Waals surface area contributed by atoms with Gasteiger partial charge in [-0.15, -0.1) is 0 Å². The summed E-state index contributed by atoms with van der Waals surface area (Å²) in [5, 5.41) is 10.0. The second-order valence-corrected chi connectivity index (χ2v) is 5.84. The molecule has 0 saturated heterocycles. The van der Waals surface area contributed by atoms with Crippen molar-refractivity contribution in [3.05, 3.63) is 66.9 Å². The van der Waals surface area contributed by atoms with Crippen molar-refractivity contribution in [3.8, 4) is 11.1 Å². The molecule has 25 heavy (non-hydrogen) atoms. The molecule has 0 bridgehead atoms. The van der Waals surface area contributed by atoms with E-state index in [1.165, 1.54) is 0 Å². The van der Waals surface area contributed by atoms with Gasteiger partial charge < -0.3 is 10.6 Å². The smallest absolute Gasteiger partial charge is 0.249 e. The van der Waals surface area contributed by atoms with Gasteiger partial charge in [-0.3, -0.25) is 9.59 Å². The maximum atomic E-state index is 12.7. The summed E-state index contributed by atoms with van der Waals surface area (Å²) in [6.07, 6.45) is 1.74. The van der Waals surface area contributed by atoms with Gasteiger partial charge in [0, 0.05) is 11.3 Å². The van der Waals surface area contributed by atoms with Gasteiger partial charge in [-0.2, -0.15) is 5.10 Å². The standard InChI is InChI=1S/C19H16N4O2/c24-17-11-16(19(25)21-14-9-5-2-6-10-14)23-18(22-17)15(12-20-23)13-7-3-1-4-8-13/h1-10,12,16H,11H2,(H,21,25)(H,22,24)/t16-/m0/s1. The number of fused-ring (bicyclic) bond motifs is 1. The van der Waals surface area contributed by atoms with Crippen molar-refractivity contribution < 1.29 is 9.59 Å². The van der Waals surface area contributed by atoms with E-state index in [1.54, 1.807) is 23.0 Å². The van der Waals surface area contributed by atoms with Gasteiger partial charge in [-0.1, -0.05) is 48.5 Å². The second-order valence-electron chi connectivity index (χ2n) is 5.84. The Labute approximate surface area is 144 Å². The summed E-state index contributed by atoms with van der Waals surface area (Å²) in [6, 6.07) is 18.1. The normalized spacial score (nSPS) is 16.0. The Balaban J connectivity index is 1.67. The molecule has 0 radical (unpaired) electrons. The number of hydrogen-bond acceptors (Lipinski definition) is 3. The predicted molar refractivity (Wildman–Crippen MR) is 95.0 cm³/mol. The zero-order valence-electron chi connectivity index (χ0n) is 13.3. The molecule has 0 saturated carbocycles. The summed E-state index contributed by atoms with van der Waals surface area (Å²) in [7, 11) is 0. The van der Waals surface area contributed by atoms with E-state index < -0.39 is 6.04 Å². The third-order valence-corrected chi connectivity index (χ3v) is 4.16. The summed E-state index contributed by atoms with van der Waals surface area (Å²) in [5.41, 5.74) is 2.43. The van der Waals surface area contributed by atoms with E-state index in [2.05, 4.69) is 15.7 Å². The fraction of sp³-hybridized carbons (Fsp3) is 0.105. The number of carbonyl (C=O) groups excluding carboxylic acids is 2. The first-order valence-electron chi connectivity index (χ1n) is 8.01. The van der Waals surface area contributed by atoms with Gasteiger partial charge >= 0.3 is 0 Å². The molecule has 1 aliphatic rings. The third-order valence-electron chi connectivity index (χ3n) is 4.16. The molecule has 1 aromatic heterocycles. The highest BCUT2D eigenvalue weighted by Crippen LogP contribution is 2.34. The Hall–Kier alpha value is -3.41. The number of carbonyl (C=O) groups is 2. The number of hydrogen-bond donors (Lipinski definition) is 2. The van der Waals surface area contributed by atoms with Gasteiger partial charge in [-0.25, -0.2) is 4.68 Å². The minimum atomic E-state index is -0.679. The summed E-state index contributed by atoms with van der Waals surface area (Å²) in [4.78, 5) is 24.8. The highest BCUT2D eigenvalue weighted by atomic mass is 16.2. The average molecular weight is 332 g/mol. The number of para-hydroxylation sites is 1. The topological polar surface area (TPSA) is 76.0 Å². The molecule has 6 heteroatoms. The summed E-state index contributed by atoms with van der Waals surface area (Å²) < 4.78 is 1.59. The lowest BCUT2D eigenvalue weighted by molar-refractivity contribution is -0.125. The van der Waals surface area contributed by atoms with E-state index in [0.29, 0.717) is 11.5 Å². The van der Waals surface area contributed by atoms with Crippen LogP contribution in [0.1, 0.15) is 12.5 Å². The van der Waals surface area contributed by atoms with E-state index >= 15 is 0 Å². The third kappa shape index (κ3) is 2.89. The zero-order valence-corrected chi connectivity index (χ0v) is 13.3. The van der Waals surface area contributed by atoms with Crippen molar-refractivity contribution in [1.82, 2.24) is 9.78 Å². The average Bonchev–Trinajstić information content (AvgIpc) is 3.06. The van der Waals surface area contributed by atoms with Crippen LogP contribution in [0.15, 0.2) is 66.9 Å². The molecule has 0 unspecified atom stereocenters. The van der Waals surface area contributed by atoms with Gasteiger partial charge in [-0.05, 0) is 17.7 Å². The van der Waals surface area contributed by atoms with Crippen LogP contribution in [0, 0.1) is 0 Å². The molecule has 0 spiro atoms. The number of nitrogens with one attached hydrogen (secondary N) is 2. The number of anilines is 2. The number of rotatable bonds is 3. The number of benzene rings is 2.